The average molecular weight is 361 g/mol. The molecule has 0 amide bonds. The Kier molecular flexibility index (Phi) is 5.53. The lowest BCUT2D eigenvalue weighted by Gasteiger charge is -2.60. The number of hydrogen-bond acceptors (Lipinski definition) is 4. The highest BCUT2D eigenvalue weighted by Gasteiger charge is 2.59. The largest absolute Gasteiger partial charge is 0.403 e. The lowest BCUT2D eigenvalue weighted by atomic mass is 9.48. The molecule has 146 valence electrons. The Morgan fingerprint density at radius 1 is 1.19 bits per heavy atom. The molecule has 1 aliphatic heterocycles. The summed E-state index contributed by atoms with van der Waals surface area (Å²) in [7, 11) is 0. The summed E-state index contributed by atoms with van der Waals surface area (Å²) < 4.78 is 0. The number of carbonyl (C=O) groups is 1. The second kappa shape index (κ2) is 7.38. The zero-order valence-corrected chi connectivity index (χ0v) is 16.4. The lowest BCUT2D eigenvalue weighted by Crippen LogP contribution is -2.58. The maximum Gasteiger partial charge on any atom is 0.106 e. The van der Waals surface area contributed by atoms with Crippen LogP contribution in [0, 0.1) is 34.5 Å². The van der Waals surface area contributed by atoms with Gasteiger partial charge in [0.25, 0.3) is 0 Å². The highest BCUT2D eigenvalue weighted by Crippen LogP contribution is 2.65. The molecule has 0 aromatic heterocycles. The fourth-order valence-electron chi connectivity index (χ4n) is 7.37. The van der Waals surface area contributed by atoms with Gasteiger partial charge in [0.15, 0.2) is 0 Å². The number of rotatable bonds is 2. The number of fused-ring (bicyclic) bond motifs is 5. The van der Waals surface area contributed by atoms with Crippen LogP contribution >= 0.6 is 0 Å². The van der Waals surface area contributed by atoms with E-state index in [0.29, 0.717) is 24.0 Å². The van der Waals surface area contributed by atoms with E-state index in [1.807, 2.05) is 6.79 Å². The minimum atomic E-state index is 0.277. The summed E-state index contributed by atoms with van der Waals surface area (Å²) in [5.74, 6) is 2.98. The minimum absolute atomic E-state index is 0.277. The van der Waals surface area contributed by atoms with Gasteiger partial charge >= 0.3 is 0 Å². The zero-order valence-electron chi connectivity index (χ0n) is 16.4. The highest BCUT2D eigenvalue weighted by atomic mass is 16.3. The van der Waals surface area contributed by atoms with Gasteiger partial charge in [0.05, 0.1) is 0 Å². The molecular weight excluding hydrogens is 324 g/mol. The van der Waals surface area contributed by atoms with Crippen molar-refractivity contribution in [3.05, 3.63) is 24.6 Å². The first-order valence-corrected chi connectivity index (χ1v) is 10.3. The van der Waals surface area contributed by atoms with Crippen LogP contribution in [-0.2, 0) is 4.79 Å². The van der Waals surface area contributed by atoms with E-state index < -0.39 is 0 Å². The fraction of sp³-hybridized carbons (Fsp3) is 0.773. The molecule has 4 heteroatoms. The Morgan fingerprint density at radius 3 is 2.65 bits per heavy atom. The van der Waals surface area contributed by atoms with Crippen LogP contribution in [0.15, 0.2) is 24.6 Å². The molecule has 0 saturated heterocycles. The van der Waals surface area contributed by atoms with E-state index in [-0.39, 0.29) is 5.41 Å². The van der Waals surface area contributed by atoms with Crippen LogP contribution in [-0.4, -0.2) is 36.0 Å². The molecule has 5 unspecified atom stereocenters. The zero-order chi connectivity index (χ0) is 18.9. The van der Waals surface area contributed by atoms with Gasteiger partial charge in [-0.05, 0) is 67.6 Å². The molecule has 4 rings (SSSR count). The SMILES string of the molecule is C=O.CC12CCC3C(CCC4N(/C=C\N)CC=C[C@]34C)C1CC[C@@H]2CO. The number of carbonyl (C=O) groups excluding carboxylic acids is 1. The third-order valence-corrected chi connectivity index (χ3v) is 8.62. The van der Waals surface area contributed by atoms with Crippen LogP contribution in [0.5, 0.6) is 0 Å². The molecular formula is C22H36N2O2. The Hall–Kier alpha value is -1.29. The summed E-state index contributed by atoms with van der Waals surface area (Å²) in [6.45, 7) is 8.37. The number of nitrogens with zero attached hydrogens (tertiary/aromatic N) is 1. The molecule has 0 radical (unpaired) electrons. The van der Waals surface area contributed by atoms with Crippen LogP contribution in [0.1, 0.15) is 52.4 Å². The van der Waals surface area contributed by atoms with Gasteiger partial charge in [0.1, 0.15) is 6.79 Å². The van der Waals surface area contributed by atoms with Crippen molar-refractivity contribution in [1.82, 2.24) is 4.90 Å². The molecule has 3 saturated carbocycles. The summed E-state index contributed by atoms with van der Waals surface area (Å²) in [6.07, 6.45) is 16.5. The summed E-state index contributed by atoms with van der Waals surface area (Å²) in [4.78, 5) is 10.5. The number of nitrogens with two attached hydrogens (primary N) is 1. The molecule has 0 aromatic rings. The van der Waals surface area contributed by atoms with Crippen molar-refractivity contribution in [1.29, 1.82) is 0 Å². The smallest absolute Gasteiger partial charge is 0.106 e. The van der Waals surface area contributed by atoms with Crippen LogP contribution in [0.4, 0.5) is 0 Å². The Morgan fingerprint density at radius 2 is 1.96 bits per heavy atom. The van der Waals surface area contributed by atoms with E-state index in [9.17, 15) is 5.11 Å². The fourth-order valence-corrected chi connectivity index (χ4v) is 7.37. The van der Waals surface area contributed by atoms with Crippen LogP contribution in [0.2, 0.25) is 0 Å². The molecule has 7 atom stereocenters. The van der Waals surface area contributed by atoms with Crippen LogP contribution < -0.4 is 5.73 Å². The topological polar surface area (TPSA) is 66.6 Å². The van der Waals surface area contributed by atoms with Crippen molar-refractivity contribution in [3.8, 4) is 0 Å². The predicted molar refractivity (Wildman–Crippen MR) is 105 cm³/mol. The van der Waals surface area contributed by atoms with E-state index in [4.69, 9.17) is 10.5 Å². The van der Waals surface area contributed by atoms with Gasteiger partial charge in [-0.1, -0.05) is 26.0 Å². The van der Waals surface area contributed by atoms with E-state index in [2.05, 4.69) is 37.1 Å². The van der Waals surface area contributed by atoms with Gasteiger partial charge in [0, 0.05) is 37.0 Å². The van der Waals surface area contributed by atoms with Crippen LogP contribution in [0.25, 0.3) is 0 Å². The van der Waals surface area contributed by atoms with Gasteiger partial charge in [0.2, 0.25) is 0 Å². The van der Waals surface area contributed by atoms with Gasteiger partial charge < -0.3 is 20.5 Å². The third kappa shape index (κ3) is 2.72. The van der Waals surface area contributed by atoms with Gasteiger partial charge in [-0.15, -0.1) is 0 Å². The molecule has 1 heterocycles. The first-order valence-electron chi connectivity index (χ1n) is 10.3. The first kappa shape index (κ1) is 19.5. The summed E-state index contributed by atoms with van der Waals surface area (Å²) in [5, 5.41) is 9.86. The number of aliphatic hydroxyl groups is 1. The van der Waals surface area contributed by atoms with Crippen molar-refractivity contribution in [2.45, 2.75) is 58.4 Å². The third-order valence-electron chi connectivity index (χ3n) is 8.62. The van der Waals surface area contributed by atoms with Gasteiger partial charge in [-0.2, -0.15) is 0 Å². The first-order chi connectivity index (χ1) is 12.5. The van der Waals surface area contributed by atoms with E-state index in [0.717, 1.165) is 24.3 Å². The number of hydrogen-bond donors (Lipinski definition) is 2. The van der Waals surface area contributed by atoms with Crippen molar-refractivity contribution < 1.29 is 9.90 Å². The molecule has 0 bridgehead atoms. The summed E-state index contributed by atoms with van der Waals surface area (Å²) in [6, 6.07) is 0.600. The molecule has 3 fully saturated rings. The summed E-state index contributed by atoms with van der Waals surface area (Å²) >= 11 is 0. The van der Waals surface area contributed by atoms with Crippen molar-refractivity contribution in [3.63, 3.8) is 0 Å². The Labute approximate surface area is 158 Å². The molecule has 26 heavy (non-hydrogen) atoms. The quantitative estimate of drug-likeness (QED) is 0.741. The normalized spacial score (nSPS) is 46.9. The van der Waals surface area contributed by atoms with Crippen LogP contribution in [0.3, 0.4) is 0 Å². The second-order valence-electron chi connectivity index (χ2n) is 9.28. The molecule has 0 aromatic carbocycles. The Bertz CT molecular complexity index is 562. The monoisotopic (exact) mass is 360 g/mol. The molecule has 4 aliphatic rings. The second-order valence-corrected chi connectivity index (χ2v) is 9.28. The lowest BCUT2D eigenvalue weighted by molar-refractivity contribution is -0.0980. The maximum absolute atomic E-state index is 9.86. The number of aliphatic hydroxyl groups excluding tert-OH is 1. The van der Waals surface area contributed by atoms with E-state index >= 15 is 0 Å². The average Bonchev–Trinajstić information content (AvgIpc) is 3.00. The van der Waals surface area contributed by atoms with Crippen molar-refractivity contribution in [2.75, 3.05) is 13.2 Å². The predicted octanol–water partition coefficient (Wildman–Crippen LogP) is 3.32. The van der Waals surface area contributed by atoms with E-state index in [1.165, 1.54) is 38.5 Å². The standard InChI is InChI=1S/C21H34N2O.CH2O/c1-20-10-8-18-16(17(20)6-4-15(20)14-24)5-7-19-21(18,2)9-3-12-23(19)13-11-22;1-2/h3,9,11,13,15-19,24H,4-8,10,12,14,22H2,1-2H3;1H2/b13-11-;/t15-,16?,17?,18?,19?,20?,21-;/m1./s1. The minimum Gasteiger partial charge on any atom is -0.403 e. The molecule has 0 spiro atoms. The Balaban J connectivity index is 0.000000948. The van der Waals surface area contributed by atoms with Gasteiger partial charge in [-0.25, -0.2) is 0 Å². The van der Waals surface area contributed by atoms with Gasteiger partial charge in [-0.3, -0.25) is 0 Å². The molecule has 4 nitrogen and oxygen atoms in total. The maximum atomic E-state index is 9.86. The van der Waals surface area contributed by atoms with Crippen molar-refractivity contribution >= 4 is 6.79 Å². The molecule has 3 aliphatic carbocycles. The van der Waals surface area contributed by atoms with E-state index in [1.54, 1.807) is 6.20 Å². The van der Waals surface area contributed by atoms with Crippen molar-refractivity contribution in [2.24, 2.45) is 40.2 Å². The highest BCUT2D eigenvalue weighted by molar-refractivity contribution is 5.19. The summed E-state index contributed by atoms with van der Waals surface area (Å²) in [5.41, 5.74) is 6.36. The molecule has 3 N–H and O–H groups in total.